The molecule has 0 bridgehead atoms. The van der Waals surface area contributed by atoms with Crippen LogP contribution in [-0.4, -0.2) is 0 Å². The Morgan fingerprint density at radius 3 is 1.39 bits per heavy atom. The Hall–Kier alpha value is -2.83. The number of alkyl halides is 3. The zero-order valence-electron chi connectivity index (χ0n) is 18.0. The van der Waals surface area contributed by atoms with E-state index in [1.807, 2.05) is 24.3 Å². The molecule has 0 nitrogen and oxygen atoms in total. The molecule has 0 unspecified atom stereocenters. The van der Waals surface area contributed by atoms with Gasteiger partial charge in [0.25, 0.3) is 0 Å². The smallest absolute Gasteiger partial charge is 0.207 e. The van der Waals surface area contributed by atoms with Crippen LogP contribution in [0.5, 0.6) is 0 Å². The third-order valence-corrected chi connectivity index (χ3v) is 5.51. The molecular weight excluding hydrogens is 445 g/mol. The molecule has 0 spiro atoms. The SMILES string of the molecule is CCCc1ccc(CCc2cc(F)c(CCc3cc(F)c(C(F)(F)F)c(F)c3)c(F)c2)cc1. The monoisotopic (exact) mass is 468 g/mol. The van der Waals surface area contributed by atoms with Crippen LogP contribution in [0, 0.1) is 23.3 Å². The number of hydrogen-bond donors (Lipinski definition) is 0. The molecule has 0 saturated carbocycles. The molecule has 0 aliphatic rings. The predicted molar refractivity (Wildman–Crippen MR) is 113 cm³/mol. The van der Waals surface area contributed by atoms with Gasteiger partial charge in [-0.25, -0.2) is 17.6 Å². The standard InChI is InChI=1S/C26H23F7/c1-2-3-16-4-6-17(7-5-16)8-9-18-12-21(27)20(22(28)13-18)11-10-19-14-23(29)25(24(30)15-19)26(31,32)33/h4-7,12-15H,2-3,8-11H2,1H3. The first-order chi connectivity index (χ1) is 15.6. The maximum absolute atomic E-state index is 14.5. The Labute approximate surface area is 188 Å². The summed E-state index contributed by atoms with van der Waals surface area (Å²) in [6.45, 7) is 2.10. The average Bonchev–Trinajstić information content (AvgIpc) is 2.71. The molecule has 0 amide bonds. The van der Waals surface area contributed by atoms with Crippen molar-refractivity contribution in [3.63, 3.8) is 0 Å². The molecule has 0 saturated heterocycles. The second-order valence-electron chi connectivity index (χ2n) is 8.04. The molecule has 176 valence electrons. The van der Waals surface area contributed by atoms with E-state index in [-0.39, 0.29) is 24.0 Å². The van der Waals surface area contributed by atoms with Gasteiger partial charge >= 0.3 is 6.18 Å². The molecule has 0 radical (unpaired) electrons. The maximum Gasteiger partial charge on any atom is 0.422 e. The molecule has 0 aromatic heterocycles. The fraction of sp³-hybridized carbons (Fsp3) is 0.308. The van der Waals surface area contributed by atoms with Crippen LogP contribution >= 0.6 is 0 Å². The van der Waals surface area contributed by atoms with Gasteiger partial charge in [0.15, 0.2) is 0 Å². The van der Waals surface area contributed by atoms with Gasteiger partial charge < -0.3 is 0 Å². The topological polar surface area (TPSA) is 0 Å². The summed E-state index contributed by atoms with van der Waals surface area (Å²) in [7, 11) is 0. The Bertz CT molecular complexity index is 1050. The van der Waals surface area contributed by atoms with Gasteiger partial charge in [-0.1, -0.05) is 37.6 Å². The Morgan fingerprint density at radius 2 is 0.939 bits per heavy atom. The lowest BCUT2D eigenvalue weighted by Gasteiger charge is -2.12. The van der Waals surface area contributed by atoms with Gasteiger partial charge in [-0.2, -0.15) is 13.2 Å². The molecular formula is C26H23F7. The van der Waals surface area contributed by atoms with Crippen molar-refractivity contribution >= 4 is 0 Å². The summed E-state index contributed by atoms with van der Waals surface area (Å²) in [5.74, 6) is -5.10. The lowest BCUT2D eigenvalue weighted by molar-refractivity contribution is -0.142. The van der Waals surface area contributed by atoms with Crippen molar-refractivity contribution in [2.75, 3.05) is 0 Å². The quantitative estimate of drug-likeness (QED) is 0.296. The van der Waals surface area contributed by atoms with Gasteiger partial charge in [-0.05, 0) is 78.6 Å². The molecule has 7 heteroatoms. The first-order valence-electron chi connectivity index (χ1n) is 10.7. The maximum atomic E-state index is 14.5. The highest BCUT2D eigenvalue weighted by Gasteiger charge is 2.37. The van der Waals surface area contributed by atoms with Gasteiger partial charge in [0.1, 0.15) is 28.8 Å². The van der Waals surface area contributed by atoms with E-state index in [1.54, 1.807) is 0 Å². The number of rotatable bonds is 8. The van der Waals surface area contributed by atoms with E-state index in [0.717, 1.165) is 18.4 Å². The molecule has 0 aliphatic carbocycles. The molecule has 33 heavy (non-hydrogen) atoms. The van der Waals surface area contributed by atoms with Gasteiger partial charge in [0.05, 0.1) is 0 Å². The summed E-state index contributed by atoms with van der Waals surface area (Å²) in [5.41, 5.74) is 0.378. The van der Waals surface area contributed by atoms with E-state index < -0.39 is 35.0 Å². The van der Waals surface area contributed by atoms with Gasteiger partial charge in [0, 0.05) is 5.56 Å². The summed E-state index contributed by atoms with van der Waals surface area (Å²) >= 11 is 0. The highest BCUT2D eigenvalue weighted by Crippen LogP contribution is 2.34. The second-order valence-corrected chi connectivity index (χ2v) is 8.04. The van der Waals surface area contributed by atoms with Crippen molar-refractivity contribution in [2.45, 2.75) is 51.6 Å². The average molecular weight is 468 g/mol. The minimum Gasteiger partial charge on any atom is -0.207 e. The van der Waals surface area contributed by atoms with Crippen LogP contribution in [0.4, 0.5) is 30.7 Å². The number of hydrogen-bond acceptors (Lipinski definition) is 0. The van der Waals surface area contributed by atoms with Crippen molar-refractivity contribution in [2.24, 2.45) is 0 Å². The largest absolute Gasteiger partial charge is 0.422 e. The number of aryl methyl sites for hydroxylation is 4. The van der Waals surface area contributed by atoms with Crippen LogP contribution < -0.4 is 0 Å². The third kappa shape index (κ3) is 6.36. The van der Waals surface area contributed by atoms with Crippen LogP contribution in [0.3, 0.4) is 0 Å². The second kappa shape index (κ2) is 10.4. The van der Waals surface area contributed by atoms with Crippen LogP contribution in [0.25, 0.3) is 0 Å². The Kier molecular flexibility index (Phi) is 7.82. The number of benzene rings is 3. The van der Waals surface area contributed by atoms with E-state index in [4.69, 9.17) is 0 Å². The number of halogens is 7. The molecule has 0 aliphatic heterocycles. The molecule has 3 aromatic rings. The fourth-order valence-electron chi connectivity index (χ4n) is 3.80. The first-order valence-corrected chi connectivity index (χ1v) is 10.7. The van der Waals surface area contributed by atoms with E-state index in [9.17, 15) is 30.7 Å². The minimum absolute atomic E-state index is 0.118. The van der Waals surface area contributed by atoms with Crippen LogP contribution in [-0.2, 0) is 38.3 Å². The molecule has 3 aromatic carbocycles. The summed E-state index contributed by atoms with van der Waals surface area (Å²) in [4.78, 5) is 0. The van der Waals surface area contributed by atoms with Gasteiger partial charge in [-0.15, -0.1) is 0 Å². The molecule has 3 rings (SSSR count). The first kappa shape index (κ1) is 24.8. The van der Waals surface area contributed by atoms with E-state index in [0.29, 0.717) is 30.5 Å². The normalized spacial score (nSPS) is 11.8. The zero-order chi connectivity index (χ0) is 24.2. The van der Waals surface area contributed by atoms with E-state index in [2.05, 4.69) is 6.92 Å². The molecule has 0 N–H and O–H groups in total. The minimum atomic E-state index is -5.17. The van der Waals surface area contributed by atoms with Crippen LogP contribution in [0.2, 0.25) is 0 Å². The Morgan fingerprint density at radius 1 is 0.545 bits per heavy atom. The molecule has 0 fully saturated rings. The van der Waals surface area contributed by atoms with Crippen molar-refractivity contribution < 1.29 is 30.7 Å². The predicted octanol–water partition coefficient (Wildman–Crippen LogP) is 7.78. The molecule has 0 atom stereocenters. The van der Waals surface area contributed by atoms with Crippen molar-refractivity contribution in [1.29, 1.82) is 0 Å². The third-order valence-electron chi connectivity index (χ3n) is 5.51. The van der Waals surface area contributed by atoms with Crippen LogP contribution in [0.1, 0.15) is 46.7 Å². The van der Waals surface area contributed by atoms with Crippen molar-refractivity contribution in [3.05, 3.63) is 105 Å². The summed E-state index contributed by atoms with van der Waals surface area (Å²) in [6.07, 6.45) is -2.56. The lowest BCUT2D eigenvalue weighted by atomic mass is 9.98. The van der Waals surface area contributed by atoms with Gasteiger partial charge in [0.2, 0.25) is 0 Å². The van der Waals surface area contributed by atoms with Crippen molar-refractivity contribution in [1.82, 2.24) is 0 Å². The lowest BCUT2D eigenvalue weighted by Crippen LogP contribution is -2.12. The van der Waals surface area contributed by atoms with E-state index in [1.165, 1.54) is 17.7 Å². The zero-order valence-corrected chi connectivity index (χ0v) is 18.0. The summed E-state index contributed by atoms with van der Waals surface area (Å²) in [5, 5.41) is 0. The summed E-state index contributed by atoms with van der Waals surface area (Å²) < 4.78 is 94.5. The van der Waals surface area contributed by atoms with E-state index >= 15 is 0 Å². The highest BCUT2D eigenvalue weighted by molar-refractivity contribution is 5.32. The fourth-order valence-corrected chi connectivity index (χ4v) is 3.80. The van der Waals surface area contributed by atoms with Crippen molar-refractivity contribution in [3.8, 4) is 0 Å². The van der Waals surface area contributed by atoms with Gasteiger partial charge in [-0.3, -0.25) is 0 Å². The van der Waals surface area contributed by atoms with Crippen LogP contribution in [0.15, 0.2) is 48.5 Å². The Balaban J connectivity index is 1.67. The summed E-state index contributed by atoms with van der Waals surface area (Å²) in [6, 6.07) is 11.6. The highest BCUT2D eigenvalue weighted by atomic mass is 19.4. The molecule has 0 heterocycles.